The molecule has 2 heterocycles. The molecule has 0 aliphatic heterocycles. The van der Waals surface area contributed by atoms with E-state index in [0.717, 1.165) is 33.3 Å². The lowest BCUT2D eigenvalue weighted by Crippen LogP contribution is -1.95. The van der Waals surface area contributed by atoms with Crippen molar-refractivity contribution in [1.82, 2.24) is 15.0 Å². The highest BCUT2D eigenvalue weighted by Gasteiger charge is 2.11. The zero-order valence-corrected chi connectivity index (χ0v) is 11.6. The Hall–Kier alpha value is -2.88. The molecule has 102 valence electrons. The highest BCUT2D eigenvalue weighted by molar-refractivity contribution is 5.98. The summed E-state index contributed by atoms with van der Waals surface area (Å²) in [6.45, 7) is 2.05. The second-order valence-corrected chi connectivity index (χ2v) is 5.21. The summed E-state index contributed by atoms with van der Waals surface area (Å²) < 4.78 is 0. The smallest absolute Gasteiger partial charge is 0.142 e. The minimum Gasteiger partial charge on any atom is -0.398 e. The molecule has 4 rings (SSSR count). The summed E-state index contributed by atoms with van der Waals surface area (Å²) in [4.78, 5) is 12.4. The molecule has 0 saturated heterocycles. The predicted molar refractivity (Wildman–Crippen MR) is 86.0 cm³/mol. The number of nitrogen functional groups attached to an aromatic ring is 1. The molecular formula is C17H14N4. The highest BCUT2D eigenvalue weighted by Crippen LogP contribution is 2.30. The Morgan fingerprint density at radius 1 is 1.05 bits per heavy atom. The van der Waals surface area contributed by atoms with Crippen LogP contribution in [0.4, 0.5) is 5.69 Å². The topological polar surface area (TPSA) is 67.6 Å². The predicted octanol–water partition coefficient (Wildman–Crippen LogP) is 3.67. The van der Waals surface area contributed by atoms with E-state index >= 15 is 0 Å². The van der Waals surface area contributed by atoms with E-state index in [1.54, 1.807) is 6.20 Å². The standard InChI is InChI=1S/C17H14N4/c1-10-6-7-11-15(8-10)19-9-12(16(11)18)17-20-13-4-2-3-5-14(13)21-17/h2-9H,1H3,(H2,18,19)(H,20,21). The van der Waals surface area contributed by atoms with Crippen molar-refractivity contribution in [3.63, 3.8) is 0 Å². The van der Waals surface area contributed by atoms with Gasteiger partial charge in [-0.3, -0.25) is 4.98 Å². The summed E-state index contributed by atoms with van der Waals surface area (Å²) in [5, 5.41) is 0.957. The van der Waals surface area contributed by atoms with Crippen molar-refractivity contribution in [1.29, 1.82) is 0 Å². The molecule has 4 aromatic rings. The number of aromatic amines is 1. The summed E-state index contributed by atoms with van der Waals surface area (Å²) in [6, 6.07) is 14.0. The Bertz CT molecular complexity index is 936. The number of nitrogens with zero attached hydrogens (tertiary/aromatic N) is 2. The third-order valence-corrected chi connectivity index (χ3v) is 3.71. The van der Waals surface area contributed by atoms with Crippen molar-refractivity contribution in [2.75, 3.05) is 5.73 Å². The lowest BCUT2D eigenvalue weighted by atomic mass is 10.1. The number of rotatable bonds is 1. The molecular weight excluding hydrogens is 260 g/mol. The number of aryl methyl sites for hydroxylation is 1. The van der Waals surface area contributed by atoms with Crippen molar-refractivity contribution in [3.8, 4) is 11.4 Å². The largest absolute Gasteiger partial charge is 0.398 e. The monoisotopic (exact) mass is 274 g/mol. The van der Waals surface area contributed by atoms with E-state index < -0.39 is 0 Å². The fourth-order valence-electron chi connectivity index (χ4n) is 2.59. The first kappa shape index (κ1) is 11.9. The molecule has 2 aromatic heterocycles. The van der Waals surface area contributed by atoms with Gasteiger partial charge in [-0.05, 0) is 30.7 Å². The Labute approximate surface area is 121 Å². The van der Waals surface area contributed by atoms with Crippen LogP contribution < -0.4 is 5.73 Å². The van der Waals surface area contributed by atoms with Gasteiger partial charge >= 0.3 is 0 Å². The molecule has 0 spiro atoms. The maximum absolute atomic E-state index is 6.32. The van der Waals surface area contributed by atoms with Gasteiger partial charge in [0.25, 0.3) is 0 Å². The van der Waals surface area contributed by atoms with Gasteiger partial charge in [-0.25, -0.2) is 4.98 Å². The number of benzene rings is 2. The number of hydrogen-bond donors (Lipinski definition) is 2. The van der Waals surface area contributed by atoms with Crippen molar-refractivity contribution in [3.05, 3.63) is 54.2 Å². The number of nitrogens with one attached hydrogen (secondary N) is 1. The summed E-state index contributed by atoms with van der Waals surface area (Å²) in [6.07, 6.45) is 1.79. The summed E-state index contributed by atoms with van der Waals surface area (Å²) in [5.41, 5.74) is 11.9. The fraction of sp³-hybridized carbons (Fsp3) is 0.0588. The minimum absolute atomic E-state index is 0.707. The first-order valence-electron chi connectivity index (χ1n) is 6.82. The normalized spacial score (nSPS) is 11.3. The molecule has 3 N–H and O–H groups in total. The van der Waals surface area contributed by atoms with E-state index in [9.17, 15) is 0 Å². The van der Waals surface area contributed by atoms with Crippen LogP contribution in [0, 0.1) is 6.92 Å². The number of imidazole rings is 1. The molecule has 4 heteroatoms. The first-order chi connectivity index (χ1) is 10.2. The van der Waals surface area contributed by atoms with Gasteiger partial charge in [0.15, 0.2) is 0 Å². The van der Waals surface area contributed by atoms with Crippen LogP contribution in [0.15, 0.2) is 48.7 Å². The molecule has 0 radical (unpaired) electrons. The van der Waals surface area contributed by atoms with Crippen LogP contribution in [0.1, 0.15) is 5.56 Å². The fourth-order valence-corrected chi connectivity index (χ4v) is 2.59. The number of pyridine rings is 1. The molecule has 0 fully saturated rings. The third-order valence-electron chi connectivity index (χ3n) is 3.71. The number of fused-ring (bicyclic) bond motifs is 2. The van der Waals surface area contributed by atoms with E-state index in [1.165, 1.54) is 5.56 Å². The molecule has 21 heavy (non-hydrogen) atoms. The molecule has 4 nitrogen and oxygen atoms in total. The van der Waals surface area contributed by atoms with Gasteiger partial charge in [-0.1, -0.05) is 24.3 Å². The van der Waals surface area contributed by atoms with E-state index in [4.69, 9.17) is 5.73 Å². The zero-order valence-electron chi connectivity index (χ0n) is 11.6. The Morgan fingerprint density at radius 3 is 2.76 bits per heavy atom. The number of aromatic nitrogens is 3. The summed E-state index contributed by atoms with van der Waals surface area (Å²) in [5.74, 6) is 0.753. The van der Waals surface area contributed by atoms with Gasteiger partial charge in [-0.2, -0.15) is 0 Å². The molecule has 2 aromatic carbocycles. The van der Waals surface area contributed by atoms with Gasteiger partial charge in [0.1, 0.15) is 5.82 Å². The molecule has 0 amide bonds. The number of nitrogens with two attached hydrogens (primary N) is 1. The SMILES string of the molecule is Cc1ccc2c(N)c(-c3nc4ccccc4[nH]3)cnc2c1. The maximum atomic E-state index is 6.32. The van der Waals surface area contributed by atoms with E-state index in [1.807, 2.05) is 49.4 Å². The van der Waals surface area contributed by atoms with Crippen LogP contribution in [0.5, 0.6) is 0 Å². The first-order valence-corrected chi connectivity index (χ1v) is 6.82. The third kappa shape index (κ3) is 1.84. The maximum Gasteiger partial charge on any atom is 0.142 e. The Balaban J connectivity index is 1.97. The molecule has 0 aliphatic rings. The zero-order chi connectivity index (χ0) is 14.4. The van der Waals surface area contributed by atoms with E-state index in [0.29, 0.717) is 5.69 Å². The second-order valence-electron chi connectivity index (χ2n) is 5.21. The second kappa shape index (κ2) is 4.31. The molecule has 0 atom stereocenters. The molecule has 0 aliphatic carbocycles. The van der Waals surface area contributed by atoms with Crippen LogP contribution in [0.2, 0.25) is 0 Å². The summed E-state index contributed by atoms with van der Waals surface area (Å²) in [7, 11) is 0. The lowest BCUT2D eigenvalue weighted by Gasteiger charge is -2.07. The van der Waals surface area contributed by atoms with Gasteiger partial charge in [0.2, 0.25) is 0 Å². The van der Waals surface area contributed by atoms with Crippen molar-refractivity contribution >= 4 is 27.6 Å². The van der Waals surface area contributed by atoms with Crippen molar-refractivity contribution < 1.29 is 0 Å². The van der Waals surface area contributed by atoms with Gasteiger partial charge in [0, 0.05) is 11.6 Å². The number of H-pyrrole nitrogens is 1. The van der Waals surface area contributed by atoms with Crippen LogP contribution in [-0.4, -0.2) is 15.0 Å². The molecule has 0 bridgehead atoms. The molecule has 0 saturated carbocycles. The number of hydrogen-bond acceptors (Lipinski definition) is 3. The summed E-state index contributed by atoms with van der Waals surface area (Å²) >= 11 is 0. The lowest BCUT2D eigenvalue weighted by molar-refractivity contribution is 1.30. The van der Waals surface area contributed by atoms with Gasteiger partial charge < -0.3 is 10.7 Å². The van der Waals surface area contributed by atoms with Crippen LogP contribution >= 0.6 is 0 Å². The van der Waals surface area contributed by atoms with E-state index in [-0.39, 0.29) is 0 Å². The highest BCUT2D eigenvalue weighted by atomic mass is 14.9. The minimum atomic E-state index is 0.707. The Morgan fingerprint density at radius 2 is 1.90 bits per heavy atom. The average Bonchev–Trinajstić information content (AvgIpc) is 2.91. The number of anilines is 1. The van der Waals surface area contributed by atoms with Crippen molar-refractivity contribution in [2.24, 2.45) is 0 Å². The van der Waals surface area contributed by atoms with Crippen LogP contribution in [0.3, 0.4) is 0 Å². The van der Waals surface area contributed by atoms with Crippen LogP contribution in [0.25, 0.3) is 33.3 Å². The Kier molecular flexibility index (Phi) is 2.44. The average molecular weight is 274 g/mol. The molecule has 0 unspecified atom stereocenters. The van der Waals surface area contributed by atoms with Crippen molar-refractivity contribution in [2.45, 2.75) is 6.92 Å². The number of para-hydroxylation sites is 2. The van der Waals surface area contributed by atoms with Gasteiger partial charge in [-0.15, -0.1) is 0 Å². The van der Waals surface area contributed by atoms with E-state index in [2.05, 4.69) is 15.0 Å². The quantitative estimate of drug-likeness (QED) is 0.556. The van der Waals surface area contributed by atoms with Gasteiger partial charge in [0.05, 0.1) is 27.8 Å². The van der Waals surface area contributed by atoms with Crippen LogP contribution in [-0.2, 0) is 0 Å².